The summed E-state index contributed by atoms with van der Waals surface area (Å²) >= 11 is 0. The summed E-state index contributed by atoms with van der Waals surface area (Å²) < 4.78 is 12.4. The number of aromatic nitrogens is 4. The molecule has 2 heterocycles. The third-order valence-electron chi connectivity index (χ3n) is 3.28. The van der Waals surface area contributed by atoms with Gasteiger partial charge in [-0.05, 0) is 24.3 Å². The molecule has 0 bridgehead atoms. The first-order chi connectivity index (χ1) is 10.3. The molecule has 6 nitrogen and oxygen atoms in total. The first-order valence-corrected chi connectivity index (χ1v) is 6.70. The minimum atomic E-state index is 0.596. The zero-order valence-electron chi connectivity index (χ0n) is 12.2. The lowest BCUT2D eigenvalue weighted by atomic mass is 10.1. The zero-order chi connectivity index (χ0) is 14.8. The number of rotatable bonds is 4. The first kappa shape index (κ1) is 13.4. The van der Waals surface area contributed by atoms with Crippen molar-refractivity contribution in [2.75, 3.05) is 14.2 Å². The molecule has 0 aliphatic carbocycles. The Hall–Kier alpha value is -2.63. The summed E-state index contributed by atoms with van der Waals surface area (Å²) in [5, 5.41) is 4.48. The minimum absolute atomic E-state index is 0.596. The van der Waals surface area contributed by atoms with Gasteiger partial charge in [-0.2, -0.15) is 9.50 Å². The predicted molar refractivity (Wildman–Crippen MR) is 78.7 cm³/mol. The molecule has 0 unspecified atom stereocenters. The van der Waals surface area contributed by atoms with E-state index in [0.717, 1.165) is 23.5 Å². The van der Waals surface area contributed by atoms with Crippen LogP contribution in [0.1, 0.15) is 12.7 Å². The SMILES string of the molecule is CCc1nc2nccc(-c3ccc(OC)c(OC)c3)n2n1. The number of nitrogens with zero attached hydrogens (tertiary/aromatic N) is 4. The van der Waals surface area contributed by atoms with Crippen molar-refractivity contribution in [3.8, 4) is 22.8 Å². The Balaban J connectivity index is 2.18. The van der Waals surface area contributed by atoms with E-state index >= 15 is 0 Å². The monoisotopic (exact) mass is 284 g/mol. The lowest BCUT2D eigenvalue weighted by Gasteiger charge is -2.10. The molecule has 1 aromatic carbocycles. The topological polar surface area (TPSA) is 61.5 Å². The zero-order valence-corrected chi connectivity index (χ0v) is 12.2. The van der Waals surface area contributed by atoms with E-state index in [4.69, 9.17) is 9.47 Å². The molecule has 0 amide bonds. The summed E-state index contributed by atoms with van der Waals surface area (Å²) in [5.74, 6) is 2.74. The van der Waals surface area contributed by atoms with Crippen molar-refractivity contribution < 1.29 is 9.47 Å². The average molecular weight is 284 g/mol. The van der Waals surface area contributed by atoms with Crippen LogP contribution in [0.25, 0.3) is 17.0 Å². The molecule has 0 radical (unpaired) electrons. The average Bonchev–Trinajstić information content (AvgIpc) is 2.97. The highest BCUT2D eigenvalue weighted by Crippen LogP contribution is 2.32. The lowest BCUT2D eigenvalue weighted by Crippen LogP contribution is -1.97. The minimum Gasteiger partial charge on any atom is -0.493 e. The highest BCUT2D eigenvalue weighted by atomic mass is 16.5. The molecule has 0 fully saturated rings. The van der Waals surface area contributed by atoms with Crippen molar-refractivity contribution in [3.63, 3.8) is 0 Å². The van der Waals surface area contributed by atoms with E-state index in [9.17, 15) is 0 Å². The highest BCUT2D eigenvalue weighted by Gasteiger charge is 2.11. The summed E-state index contributed by atoms with van der Waals surface area (Å²) in [6, 6.07) is 7.66. The van der Waals surface area contributed by atoms with Gasteiger partial charge in [0, 0.05) is 18.2 Å². The summed E-state index contributed by atoms with van der Waals surface area (Å²) in [7, 11) is 3.24. The third kappa shape index (κ3) is 2.29. The van der Waals surface area contributed by atoms with Crippen LogP contribution in [0.4, 0.5) is 0 Å². The molecule has 3 rings (SSSR count). The second kappa shape index (κ2) is 5.40. The Labute approximate surface area is 122 Å². The third-order valence-corrected chi connectivity index (χ3v) is 3.28. The quantitative estimate of drug-likeness (QED) is 0.736. The van der Waals surface area contributed by atoms with E-state index in [1.54, 1.807) is 24.9 Å². The molecule has 0 atom stereocenters. The highest BCUT2D eigenvalue weighted by molar-refractivity contribution is 5.65. The molecule has 108 valence electrons. The standard InChI is InChI=1S/C15H16N4O2/c1-4-14-17-15-16-8-7-11(19(15)18-14)10-5-6-12(20-2)13(9-10)21-3/h5-9H,4H2,1-3H3. The van der Waals surface area contributed by atoms with E-state index in [2.05, 4.69) is 15.1 Å². The largest absolute Gasteiger partial charge is 0.493 e. The van der Waals surface area contributed by atoms with E-state index in [-0.39, 0.29) is 0 Å². The number of fused-ring (bicyclic) bond motifs is 1. The van der Waals surface area contributed by atoms with Crippen LogP contribution in [0.5, 0.6) is 11.5 Å². The molecule has 21 heavy (non-hydrogen) atoms. The summed E-state index contributed by atoms with van der Waals surface area (Å²) in [6.45, 7) is 2.02. The second-order valence-electron chi connectivity index (χ2n) is 4.49. The maximum atomic E-state index is 5.35. The second-order valence-corrected chi connectivity index (χ2v) is 4.49. The molecule has 3 aromatic rings. The van der Waals surface area contributed by atoms with E-state index in [0.29, 0.717) is 17.3 Å². The van der Waals surface area contributed by atoms with Crippen molar-refractivity contribution in [1.82, 2.24) is 19.6 Å². The van der Waals surface area contributed by atoms with Crippen LogP contribution in [0.3, 0.4) is 0 Å². The predicted octanol–water partition coefficient (Wildman–Crippen LogP) is 2.37. The van der Waals surface area contributed by atoms with Crippen molar-refractivity contribution in [2.24, 2.45) is 0 Å². The molecule has 0 aliphatic heterocycles. The molecular weight excluding hydrogens is 268 g/mol. The molecule has 0 saturated heterocycles. The van der Waals surface area contributed by atoms with Gasteiger partial charge < -0.3 is 9.47 Å². The summed E-state index contributed by atoms with van der Waals surface area (Å²) in [6.07, 6.45) is 2.50. The van der Waals surface area contributed by atoms with Crippen LogP contribution in [0, 0.1) is 0 Å². The van der Waals surface area contributed by atoms with Gasteiger partial charge in [-0.1, -0.05) is 6.92 Å². The van der Waals surface area contributed by atoms with Crippen LogP contribution in [0.2, 0.25) is 0 Å². The van der Waals surface area contributed by atoms with Crippen LogP contribution >= 0.6 is 0 Å². The van der Waals surface area contributed by atoms with E-state index in [1.807, 2.05) is 31.2 Å². The molecule has 2 aromatic heterocycles. The van der Waals surface area contributed by atoms with Gasteiger partial charge in [0.25, 0.3) is 5.78 Å². The number of hydrogen-bond donors (Lipinski definition) is 0. The van der Waals surface area contributed by atoms with E-state index in [1.165, 1.54) is 0 Å². The van der Waals surface area contributed by atoms with Crippen LogP contribution < -0.4 is 9.47 Å². The summed E-state index contributed by atoms with van der Waals surface area (Å²) in [4.78, 5) is 8.62. The van der Waals surface area contributed by atoms with Gasteiger partial charge in [-0.15, -0.1) is 5.10 Å². The number of benzene rings is 1. The van der Waals surface area contributed by atoms with E-state index < -0.39 is 0 Å². The fourth-order valence-corrected chi connectivity index (χ4v) is 2.20. The molecule has 0 aliphatic rings. The van der Waals surface area contributed by atoms with Crippen molar-refractivity contribution in [3.05, 3.63) is 36.3 Å². The fourth-order valence-electron chi connectivity index (χ4n) is 2.20. The Morgan fingerprint density at radius 1 is 1.10 bits per heavy atom. The number of methoxy groups -OCH3 is 2. The van der Waals surface area contributed by atoms with Gasteiger partial charge in [-0.3, -0.25) is 0 Å². The van der Waals surface area contributed by atoms with Gasteiger partial charge in [-0.25, -0.2) is 4.98 Å². The van der Waals surface area contributed by atoms with Crippen LogP contribution in [-0.4, -0.2) is 33.8 Å². The number of ether oxygens (including phenoxy) is 2. The van der Waals surface area contributed by atoms with Crippen molar-refractivity contribution in [1.29, 1.82) is 0 Å². The molecular formula is C15H16N4O2. The molecule has 0 saturated carbocycles. The van der Waals surface area contributed by atoms with Gasteiger partial charge >= 0.3 is 0 Å². The van der Waals surface area contributed by atoms with Gasteiger partial charge in [0.1, 0.15) is 0 Å². The number of aryl methyl sites for hydroxylation is 1. The lowest BCUT2D eigenvalue weighted by molar-refractivity contribution is 0.355. The van der Waals surface area contributed by atoms with Crippen molar-refractivity contribution in [2.45, 2.75) is 13.3 Å². The normalized spacial score (nSPS) is 10.8. The molecule has 0 spiro atoms. The van der Waals surface area contributed by atoms with Crippen LogP contribution in [0.15, 0.2) is 30.5 Å². The Morgan fingerprint density at radius 2 is 1.90 bits per heavy atom. The maximum absolute atomic E-state index is 5.35. The summed E-state index contributed by atoms with van der Waals surface area (Å²) in [5.41, 5.74) is 1.88. The van der Waals surface area contributed by atoms with Crippen LogP contribution in [-0.2, 0) is 6.42 Å². The van der Waals surface area contributed by atoms with Crippen molar-refractivity contribution >= 4 is 5.78 Å². The van der Waals surface area contributed by atoms with Gasteiger partial charge in [0.2, 0.25) is 0 Å². The van der Waals surface area contributed by atoms with Gasteiger partial charge in [0.15, 0.2) is 17.3 Å². The Morgan fingerprint density at radius 3 is 2.62 bits per heavy atom. The fraction of sp³-hybridized carbons (Fsp3) is 0.267. The molecule has 6 heteroatoms. The maximum Gasteiger partial charge on any atom is 0.252 e. The first-order valence-electron chi connectivity index (χ1n) is 6.70. The van der Waals surface area contributed by atoms with Gasteiger partial charge in [0.05, 0.1) is 19.9 Å². The number of hydrogen-bond acceptors (Lipinski definition) is 5. The Kier molecular flexibility index (Phi) is 3.43. The smallest absolute Gasteiger partial charge is 0.252 e. The molecule has 0 N–H and O–H groups in total. The Bertz CT molecular complexity index is 782.